The number of hydrogen-bond donors (Lipinski definition) is 1. The smallest absolute Gasteiger partial charge is 0.130 e. The van der Waals surface area contributed by atoms with Crippen molar-refractivity contribution >= 4 is 46.5 Å². The van der Waals surface area contributed by atoms with E-state index in [9.17, 15) is 5.26 Å². The molecule has 2 unspecified atom stereocenters. The molecule has 1 aliphatic heterocycles. The average Bonchev–Trinajstić information content (AvgIpc) is 2.56. The summed E-state index contributed by atoms with van der Waals surface area (Å²) < 4.78 is 0. The lowest BCUT2D eigenvalue weighted by atomic mass is 9.92. The van der Waals surface area contributed by atoms with Crippen LogP contribution < -0.4 is 5.73 Å². The van der Waals surface area contributed by atoms with E-state index in [1.165, 1.54) is 0 Å². The van der Waals surface area contributed by atoms with Crippen LogP contribution in [0, 0.1) is 17.2 Å². The van der Waals surface area contributed by atoms with Gasteiger partial charge in [-0.1, -0.05) is 59.1 Å². The molecule has 2 aromatic carbocycles. The van der Waals surface area contributed by atoms with Crippen molar-refractivity contribution in [2.24, 2.45) is 21.6 Å². The Hall–Kier alpha value is -2.06. The van der Waals surface area contributed by atoms with E-state index < -0.39 is 12.0 Å². The summed E-state index contributed by atoms with van der Waals surface area (Å²) in [7, 11) is 0. The van der Waals surface area contributed by atoms with Crippen molar-refractivity contribution in [3.63, 3.8) is 0 Å². The van der Waals surface area contributed by atoms with Crippen molar-refractivity contribution in [1.29, 1.82) is 5.26 Å². The second-order valence-corrected chi connectivity index (χ2v) is 6.82. The van der Waals surface area contributed by atoms with Crippen LogP contribution in [-0.4, -0.2) is 11.7 Å². The fraction of sp³-hybridized carbons (Fsp3) is 0.167. The molecule has 0 fully saturated rings. The summed E-state index contributed by atoms with van der Waals surface area (Å²) in [5.74, 6) is 0.0392. The summed E-state index contributed by atoms with van der Waals surface area (Å²) in [4.78, 5) is 8.91. The second-order valence-electron chi connectivity index (χ2n) is 5.57. The van der Waals surface area contributed by atoms with Gasteiger partial charge in [-0.15, -0.1) is 0 Å². The van der Waals surface area contributed by atoms with E-state index >= 15 is 0 Å². The van der Waals surface area contributed by atoms with Crippen molar-refractivity contribution in [3.05, 3.63) is 68.7 Å². The molecule has 3 rings (SSSR count). The van der Waals surface area contributed by atoms with Gasteiger partial charge in [0, 0.05) is 21.5 Å². The molecule has 1 aliphatic rings. The van der Waals surface area contributed by atoms with Crippen molar-refractivity contribution < 1.29 is 0 Å². The van der Waals surface area contributed by atoms with Crippen LogP contribution in [0.3, 0.4) is 0 Å². The number of amidine groups is 2. The summed E-state index contributed by atoms with van der Waals surface area (Å²) in [6.45, 7) is 0. The molecule has 2 aromatic rings. The monoisotopic (exact) mass is 390 g/mol. The maximum atomic E-state index is 9.49. The Morgan fingerprint density at radius 3 is 2.52 bits per heavy atom. The topological polar surface area (TPSA) is 74.5 Å². The summed E-state index contributed by atoms with van der Waals surface area (Å²) in [6, 6.07) is 14.2. The highest BCUT2D eigenvalue weighted by molar-refractivity contribution is 6.35. The van der Waals surface area contributed by atoms with Crippen LogP contribution in [0.15, 0.2) is 52.4 Å². The van der Waals surface area contributed by atoms with E-state index in [0.29, 0.717) is 32.9 Å². The Morgan fingerprint density at radius 2 is 1.84 bits per heavy atom. The lowest BCUT2D eigenvalue weighted by molar-refractivity contribution is 0.643. The first-order chi connectivity index (χ1) is 12.0. The first kappa shape index (κ1) is 17.8. The molecular formula is C18H13Cl3N4. The van der Waals surface area contributed by atoms with Gasteiger partial charge in [-0.3, -0.25) is 4.99 Å². The SMILES string of the molecule is N#CC1C(N)=NC(Cc2ccccc2Cl)=NC1c1ccc(Cl)cc1Cl. The van der Waals surface area contributed by atoms with Gasteiger partial charge in [0.2, 0.25) is 0 Å². The van der Waals surface area contributed by atoms with Crippen molar-refractivity contribution in [3.8, 4) is 6.07 Å². The van der Waals surface area contributed by atoms with Crippen LogP contribution in [0.1, 0.15) is 17.2 Å². The summed E-state index contributed by atoms with van der Waals surface area (Å²) in [5, 5.41) is 11.1. The molecule has 7 heteroatoms. The highest BCUT2D eigenvalue weighted by Crippen LogP contribution is 2.35. The molecule has 0 bridgehead atoms. The third kappa shape index (κ3) is 3.80. The van der Waals surface area contributed by atoms with Gasteiger partial charge >= 0.3 is 0 Å². The van der Waals surface area contributed by atoms with Crippen LogP contribution in [0.5, 0.6) is 0 Å². The fourth-order valence-corrected chi connectivity index (χ4v) is 3.39. The molecule has 2 atom stereocenters. The largest absolute Gasteiger partial charge is 0.386 e. The molecule has 0 radical (unpaired) electrons. The minimum absolute atomic E-state index is 0.218. The van der Waals surface area contributed by atoms with E-state index in [-0.39, 0.29) is 5.84 Å². The zero-order valence-electron chi connectivity index (χ0n) is 13.0. The Kier molecular flexibility index (Phi) is 5.29. The number of nitriles is 1. The standard InChI is InChI=1S/C18H13Cl3N4/c19-11-5-6-12(15(21)8-11)17-13(9-22)18(23)25-16(24-17)7-10-3-1-2-4-14(10)20/h1-6,8,13,17H,7H2,(H2,23,24,25). The summed E-state index contributed by atoms with van der Waals surface area (Å²) >= 11 is 18.5. The number of rotatable bonds is 3. The van der Waals surface area contributed by atoms with E-state index in [1.807, 2.05) is 18.2 Å². The minimum Gasteiger partial charge on any atom is -0.386 e. The molecule has 0 spiro atoms. The first-order valence-corrected chi connectivity index (χ1v) is 8.61. The van der Waals surface area contributed by atoms with E-state index in [2.05, 4.69) is 16.1 Å². The molecular weight excluding hydrogens is 379 g/mol. The third-order valence-corrected chi connectivity index (χ3v) is 4.84. The Bertz CT molecular complexity index is 915. The molecule has 0 saturated carbocycles. The fourth-order valence-electron chi connectivity index (χ4n) is 2.67. The second kappa shape index (κ2) is 7.45. The normalized spacial score (nSPS) is 19.8. The van der Waals surface area contributed by atoms with Crippen LogP contribution in [0.2, 0.25) is 15.1 Å². The maximum Gasteiger partial charge on any atom is 0.130 e. The third-order valence-electron chi connectivity index (χ3n) is 3.91. The number of nitrogens with two attached hydrogens (primary N) is 1. The predicted molar refractivity (Wildman–Crippen MR) is 103 cm³/mol. The first-order valence-electron chi connectivity index (χ1n) is 7.48. The number of nitrogens with zero attached hydrogens (tertiary/aromatic N) is 3. The molecule has 0 amide bonds. The molecule has 126 valence electrons. The highest BCUT2D eigenvalue weighted by atomic mass is 35.5. The van der Waals surface area contributed by atoms with Crippen LogP contribution >= 0.6 is 34.8 Å². The molecule has 1 heterocycles. The number of hydrogen-bond acceptors (Lipinski definition) is 4. The van der Waals surface area contributed by atoms with Crippen LogP contribution in [0.25, 0.3) is 0 Å². The predicted octanol–water partition coefficient (Wildman–Crippen LogP) is 4.84. The highest BCUT2D eigenvalue weighted by Gasteiger charge is 2.31. The summed E-state index contributed by atoms with van der Waals surface area (Å²) in [5.41, 5.74) is 7.60. The zero-order chi connectivity index (χ0) is 18.0. The lowest BCUT2D eigenvalue weighted by Gasteiger charge is -2.24. The van der Waals surface area contributed by atoms with Crippen LogP contribution in [-0.2, 0) is 6.42 Å². The maximum absolute atomic E-state index is 9.49. The zero-order valence-corrected chi connectivity index (χ0v) is 15.2. The van der Waals surface area contributed by atoms with Gasteiger partial charge in [0.15, 0.2) is 0 Å². The van der Waals surface area contributed by atoms with Gasteiger partial charge in [-0.05, 0) is 29.3 Å². The Morgan fingerprint density at radius 1 is 1.08 bits per heavy atom. The molecule has 2 N–H and O–H groups in total. The summed E-state index contributed by atoms with van der Waals surface area (Å²) in [6.07, 6.45) is 0.417. The molecule has 4 nitrogen and oxygen atoms in total. The number of halogens is 3. The van der Waals surface area contributed by atoms with Crippen LogP contribution in [0.4, 0.5) is 0 Å². The van der Waals surface area contributed by atoms with Crippen molar-refractivity contribution in [2.75, 3.05) is 0 Å². The van der Waals surface area contributed by atoms with Gasteiger partial charge in [0.25, 0.3) is 0 Å². The van der Waals surface area contributed by atoms with Crippen molar-refractivity contribution in [1.82, 2.24) is 0 Å². The molecule has 25 heavy (non-hydrogen) atoms. The minimum atomic E-state index is -0.686. The number of aliphatic imine (C=N–C) groups is 2. The Balaban J connectivity index is 2.01. The van der Waals surface area contributed by atoms with Gasteiger partial charge < -0.3 is 5.73 Å². The van der Waals surface area contributed by atoms with Gasteiger partial charge in [-0.25, -0.2) is 4.99 Å². The van der Waals surface area contributed by atoms with Crippen molar-refractivity contribution in [2.45, 2.75) is 12.5 Å². The average molecular weight is 392 g/mol. The van der Waals surface area contributed by atoms with Gasteiger partial charge in [0.05, 0.1) is 6.07 Å². The van der Waals surface area contributed by atoms with Gasteiger partial charge in [0.1, 0.15) is 23.6 Å². The quantitative estimate of drug-likeness (QED) is 0.813. The van der Waals surface area contributed by atoms with E-state index in [4.69, 9.17) is 40.5 Å². The van der Waals surface area contributed by atoms with Gasteiger partial charge in [-0.2, -0.15) is 5.26 Å². The lowest BCUT2D eigenvalue weighted by Crippen LogP contribution is -2.32. The molecule has 0 aliphatic carbocycles. The number of benzene rings is 2. The Labute approximate surface area is 160 Å². The van der Waals surface area contributed by atoms with E-state index in [0.717, 1.165) is 5.56 Å². The molecule has 0 aromatic heterocycles. The molecule has 0 saturated heterocycles. The van der Waals surface area contributed by atoms with E-state index in [1.54, 1.807) is 24.3 Å².